The molecule has 2 aromatic rings. The summed E-state index contributed by atoms with van der Waals surface area (Å²) in [5, 5.41) is 22.7. The van der Waals surface area contributed by atoms with Crippen molar-refractivity contribution in [2.75, 3.05) is 6.61 Å². The SMILES string of the molecule is CCC(O)/C=C\C=C(\C)C(O)CO[Si](c1ccccc1)(c1ccccc1)C(C)(C)C. The lowest BCUT2D eigenvalue weighted by Gasteiger charge is -2.43. The van der Waals surface area contributed by atoms with E-state index in [9.17, 15) is 10.2 Å². The zero-order valence-electron chi connectivity index (χ0n) is 18.9. The van der Waals surface area contributed by atoms with Crippen molar-refractivity contribution in [3.8, 4) is 0 Å². The van der Waals surface area contributed by atoms with Gasteiger partial charge in [0.05, 0.1) is 18.8 Å². The molecular formula is C26H36O3Si. The predicted octanol–water partition coefficient (Wildman–Crippen LogP) is 4.20. The van der Waals surface area contributed by atoms with Gasteiger partial charge in [-0.25, -0.2) is 0 Å². The number of hydrogen-bond acceptors (Lipinski definition) is 3. The first-order valence-corrected chi connectivity index (χ1v) is 12.6. The Morgan fingerprint density at radius 3 is 1.90 bits per heavy atom. The van der Waals surface area contributed by atoms with Crippen molar-refractivity contribution in [2.45, 2.75) is 58.3 Å². The molecule has 3 nitrogen and oxygen atoms in total. The van der Waals surface area contributed by atoms with Gasteiger partial charge in [-0.05, 0) is 34.3 Å². The van der Waals surface area contributed by atoms with Crippen molar-refractivity contribution in [1.29, 1.82) is 0 Å². The molecule has 0 aromatic heterocycles. The summed E-state index contributed by atoms with van der Waals surface area (Å²) in [6.45, 7) is 10.7. The van der Waals surface area contributed by atoms with E-state index < -0.39 is 20.5 Å². The molecule has 4 heteroatoms. The third-order valence-electron chi connectivity index (χ3n) is 5.51. The molecule has 0 radical (unpaired) electrons. The van der Waals surface area contributed by atoms with E-state index >= 15 is 0 Å². The van der Waals surface area contributed by atoms with Gasteiger partial charge < -0.3 is 14.6 Å². The molecule has 0 aliphatic heterocycles. The van der Waals surface area contributed by atoms with Gasteiger partial charge in [-0.3, -0.25) is 0 Å². The van der Waals surface area contributed by atoms with Gasteiger partial charge in [-0.2, -0.15) is 0 Å². The second-order valence-electron chi connectivity index (χ2n) is 8.76. The van der Waals surface area contributed by atoms with Crippen LogP contribution in [0, 0.1) is 0 Å². The van der Waals surface area contributed by atoms with Gasteiger partial charge in [0.1, 0.15) is 0 Å². The third kappa shape index (κ3) is 5.79. The molecule has 2 rings (SSSR count). The van der Waals surface area contributed by atoms with Crippen LogP contribution in [0.1, 0.15) is 41.0 Å². The summed E-state index contributed by atoms with van der Waals surface area (Å²) in [6, 6.07) is 20.9. The summed E-state index contributed by atoms with van der Waals surface area (Å²) in [5.41, 5.74) is 0.812. The highest BCUT2D eigenvalue weighted by Crippen LogP contribution is 2.36. The number of rotatable bonds is 9. The number of allylic oxidation sites excluding steroid dienone is 2. The number of aliphatic hydroxyl groups excluding tert-OH is 2. The molecule has 30 heavy (non-hydrogen) atoms. The topological polar surface area (TPSA) is 49.7 Å². The Labute approximate surface area is 182 Å². The monoisotopic (exact) mass is 424 g/mol. The summed E-state index contributed by atoms with van der Waals surface area (Å²) in [7, 11) is -2.66. The lowest BCUT2D eigenvalue weighted by Crippen LogP contribution is -2.67. The summed E-state index contributed by atoms with van der Waals surface area (Å²) >= 11 is 0. The van der Waals surface area contributed by atoms with Gasteiger partial charge >= 0.3 is 0 Å². The van der Waals surface area contributed by atoms with E-state index in [0.29, 0.717) is 6.42 Å². The van der Waals surface area contributed by atoms with Crippen LogP contribution in [-0.4, -0.2) is 37.3 Å². The highest BCUT2D eigenvalue weighted by atomic mass is 28.4. The first-order valence-electron chi connectivity index (χ1n) is 10.7. The average Bonchev–Trinajstić information content (AvgIpc) is 2.74. The normalized spacial score (nSPS) is 15.4. The molecule has 2 unspecified atom stereocenters. The fourth-order valence-corrected chi connectivity index (χ4v) is 8.24. The van der Waals surface area contributed by atoms with Crippen molar-refractivity contribution in [2.24, 2.45) is 0 Å². The molecule has 0 fully saturated rings. The largest absolute Gasteiger partial charge is 0.404 e. The molecule has 2 atom stereocenters. The van der Waals surface area contributed by atoms with E-state index in [2.05, 4.69) is 69.3 Å². The van der Waals surface area contributed by atoms with Crippen molar-refractivity contribution >= 4 is 18.7 Å². The molecule has 0 aliphatic rings. The van der Waals surface area contributed by atoms with Crippen LogP contribution < -0.4 is 10.4 Å². The molecular weight excluding hydrogens is 388 g/mol. The van der Waals surface area contributed by atoms with E-state index in [-0.39, 0.29) is 11.6 Å². The molecule has 162 valence electrons. The quantitative estimate of drug-likeness (QED) is 0.469. The second kappa shape index (κ2) is 10.9. The van der Waals surface area contributed by atoms with E-state index in [1.54, 1.807) is 12.2 Å². The van der Waals surface area contributed by atoms with Crippen LogP contribution in [0.3, 0.4) is 0 Å². The van der Waals surface area contributed by atoms with Gasteiger partial charge in [0.25, 0.3) is 8.32 Å². The van der Waals surface area contributed by atoms with Gasteiger partial charge in [-0.1, -0.05) is 107 Å². The summed E-state index contributed by atoms with van der Waals surface area (Å²) in [6.07, 6.45) is 4.88. The first kappa shape index (κ1) is 24.3. The number of hydrogen-bond donors (Lipinski definition) is 2. The van der Waals surface area contributed by atoms with E-state index in [0.717, 1.165) is 5.57 Å². The Hall–Kier alpha value is -1.98. The van der Waals surface area contributed by atoms with Crippen LogP contribution in [0.25, 0.3) is 0 Å². The summed E-state index contributed by atoms with van der Waals surface area (Å²) in [5.74, 6) is 0. The lowest BCUT2D eigenvalue weighted by atomic mass is 10.1. The van der Waals surface area contributed by atoms with Crippen LogP contribution in [0.15, 0.2) is 84.5 Å². The van der Waals surface area contributed by atoms with Crippen molar-refractivity contribution in [1.82, 2.24) is 0 Å². The predicted molar refractivity (Wildman–Crippen MR) is 129 cm³/mol. The van der Waals surface area contributed by atoms with Crippen LogP contribution >= 0.6 is 0 Å². The molecule has 0 spiro atoms. The van der Waals surface area contributed by atoms with Gasteiger partial charge in [0, 0.05) is 0 Å². The Bertz CT molecular complexity index is 783. The molecule has 0 bridgehead atoms. The highest BCUT2D eigenvalue weighted by molar-refractivity contribution is 6.99. The van der Waals surface area contributed by atoms with E-state index in [1.165, 1.54) is 10.4 Å². The highest BCUT2D eigenvalue weighted by Gasteiger charge is 2.50. The maximum atomic E-state index is 10.8. The number of aliphatic hydroxyl groups is 2. The standard InChI is InChI=1S/C26H36O3Si/c1-6-22(27)15-13-14-21(2)25(28)20-29-30(26(3,4)5,23-16-9-7-10-17-23)24-18-11-8-12-19-24/h7-19,22,25,27-28H,6,20H2,1-5H3/b15-13-,21-14-. The van der Waals surface area contributed by atoms with E-state index in [1.807, 2.05) is 32.1 Å². The third-order valence-corrected chi connectivity index (χ3v) is 10.5. The molecule has 0 aliphatic carbocycles. The second-order valence-corrected chi connectivity index (χ2v) is 13.1. The van der Waals surface area contributed by atoms with Crippen molar-refractivity contribution in [3.63, 3.8) is 0 Å². The average molecular weight is 425 g/mol. The van der Waals surface area contributed by atoms with Crippen molar-refractivity contribution < 1.29 is 14.6 Å². The molecule has 2 aromatic carbocycles. The van der Waals surface area contributed by atoms with Crippen molar-refractivity contribution in [3.05, 3.63) is 84.5 Å². The maximum absolute atomic E-state index is 10.8. The molecule has 0 amide bonds. The van der Waals surface area contributed by atoms with Gasteiger partial charge in [-0.15, -0.1) is 0 Å². The van der Waals surface area contributed by atoms with Gasteiger partial charge in [0.2, 0.25) is 0 Å². The minimum Gasteiger partial charge on any atom is -0.404 e. The van der Waals surface area contributed by atoms with E-state index in [4.69, 9.17) is 4.43 Å². The van der Waals surface area contributed by atoms with Crippen LogP contribution in [0.2, 0.25) is 5.04 Å². The maximum Gasteiger partial charge on any atom is 0.261 e. The molecule has 0 saturated carbocycles. The Balaban J connectivity index is 2.37. The Kier molecular flexibility index (Phi) is 8.80. The van der Waals surface area contributed by atoms with Crippen LogP contribution in [0.5, 0.6) is 0 Å². The molecule has 0 saturated heterocycles. The first-order chi connectivity index (χ1) is 14.2. The smallest absolute Gasteiger partial charge is 0.261 e. The number of benzene rings is 2. The fourth-order valence-electron chi connectivity index (χ4n) is 3.68. The molecule has 0 heterocycles. The zero-order chi connectivity index (χ0) is 22.2. The zero-order valence-corrected chi connectivity index (χ0v) is 19.9. The minimum absolute atomic E-state index is 0.127. The minimum atomic E-state index is -2.66. The summed E-state index contributed by atoms with van der Waals surface area (Å²) in [4.78, 5) is 0. The van der Waals surface area contributed by atoms with Gasteiger partial charge in [0.15, 0.2) is 0 Å². The Morgan fingerprint density at radius 1 is 0.967 bits per heavy atom. The van der Waals surface area contributed by atoms with Crippen LogP contribution in [-0.2, 0) is 4.43 Å². The fraction of sp³-hybridized carbons (Fsp3) is 0.385. The molecule has 2 N–H and O–H groups in total. The summed E-state index contributed by atoms with van der Waals surface area (Å²) < 4.78 is 6.77. The lowest BCUT2D eigenvalue weighted by molar-refractivity contribution is 0.129. The van der Waals surface area contributed by atoms with Crippen LogP contribution in [0.4, 0.5) is 0 Å². The Morgan fingerprint density at radius 2 is 1.47 bits per heavy atom.